The number of nitrogens with zero attached hydrogens (tertiary/aromatic N) is 1. The third kappa shape index (κ3) is 4.36. The minimum Gasteiger partial charge on any atom is -0.458 e. The molecule has 0 aromatic rings. The van der Waals surface area contributed by atoms with E-state index in [4.69, 9.17) is 4.74 Å². The summed E-state index contributed by atoms with van der Waals surface area (Å²) >= 11 is 1.55. The molecule has 7 heteroatoms. The summed E-state index contributed by atoms with van der Waals surface area (Å²) in [4.78, 5) is 37.7. The van der Waals surface area contributed by atoms with E-state index in [1.807, 2.05) is 6.26 Å². The van der Waals surface area contributed by atoms with E-state index in [9.17, 15) is 14.4 Å². The van der Waals surface area contributed by atoms with Crippen molar-refractivity contribution in [3.8, 4) is 0 Å². The van der Waals surface area contributed by atoms with Crippen LogP contribution in [0, 0.1) is 0 Å². The molecule has 120 valence electrons. The molecule has 1 rings (SSSR count). The molecule has 1 aliphatic rings. The Morgan fingerprint density at radius 1 is 1.38 bits per heavy atom. The molecule has 1 atom stereocenters. The third-order valence-corrected chi connectivity index (χ3v) is 3.62. The molecule has 0 saturated carbocycles. The number of amides is 3. The molecule has 0 aliphatic carbocycles. The van der Waals surface area contributed by atoms with Crippen molar-refractivity contribution in [2.24, 2.45) is 0 Å². The van der Waals surface area contributed by atoms with Crippen LogP contribution in [-0.2, 0) is 14.3 Å². The Bertz CT molecular complexity index is 443. The summed E-state index contributed by atoms with van der Waals surface area (Å²) < 4.78 is 5.35. The molecule has 1 aliphatic heterocycles. The second-order valence-corrected chi connectivity index (χ2v) is 7.55. The molecule has 6 nitrogen and oxygen atoms in total. The molecule has 0 bridgehead atoms. The molecule has 0 spiro atoms. The number of urea groups is 1. The number of hydrogen-bond acceptors (Lipinski definition) is 5. The molecule has 3 amide bonds. The van der Waals surface area contributed by atoms with Gasteiger partial charge in [0.2, 0.25) is 0 Å². The van der Waals surface area contributed by atoms with E-state index in [1.54, 1.807) is 46.4 Å². The lowest BCUT2D eigenvalue weighted by Gasteiger charge is -2.28. The fourth-order valence-electron chi connectivity index (χ4n) is 2.01. The Kier molecular flexibility index (Phi) is 5.30. The normalized spacial score (nSPS) is 19.4. The van der Waals surface area contributed by atoms with E-state index in [1.165, 1.54) is 0 Å². The molecule has 0 aromatic heterocycles. The van der Waals surface area contributed by atoms with Gasteiger partial charge in [-0.15, -0.1) is 0 Å². The molecule has 1 heterocycles. The average Bonchev–Trinajstić information content (AvgIpc) is 2.49. The van der Waals surface area contributed by atoms with Crippen LogP contribution in [0.4, 0.5) is 4.79 Å². The summed E-state index contributed by atoms with van der Waals surface area (Å²) in [7, 11) is 0. The topological polar surface area (TPSA) is 75.7 Å². The van der Waals surface area contributed by atoms with Gasteiger partial charge in [-0.2, -0.15) is 11.8 Å². The van der Waals surface area contributed by atoms with Gasteiger partial charge in [0.25, 0.3) is 5.91 Å². The standard InChI is InChI=1S/C14H24N2O4S/c1-13(2,3)20-10(17)9(7-8-21-6)16-11(18)14(4,5)15-12(16)19/h9H,7-8H2,1-6H3,(H,15,19)/t9-/m0/s1. The molecule has 1 fully saturated rings. The van der Waals surface area contributed by atoms with Crippen LogP contribution >= 0.6 is 11.8 Å². The zero-order valence-corrected chi connectivity index (χ0v) is 14.3. The summed E-state index contributed by atoms with van der Waals surface area (Å²) in [5, 5.41) is 2.59. The van der Waals surface area contributed by atoms with Crippen molar-refractivity contribution in [3.05, 3.63) is 0 Å². The summed E-state index contributed by atoms with van der Waals surface area (Å²) in [5.74, 6) is -0.288. The second kappa shape index (κ2) is 6.25. The van der Waals surface area contributed by atoms with Crippen molar-refractivity contribution in [2.75, 3.05) is 12.0 Å². The monoisotopic (exact) mass is 316 g/mol. The van der Waals surface area contributed by atoms with Crippen LogP contribution in [0.15, 0.2) is 0 Å². The van der Waals surface area contributed by atoms with Crippen molar-refractivity contribution in [3.63, 3.8) is 0 Å². The minimum absolute atomic E-state index is 0.380. The van der Waals surface area contributed by atoms with E-state index < -0.39 is 35.1 Å². The van der Waals surface area contributed by atoms with Crippen molar-refractivity contribution in [1.82, 2.24) is 10.2 Å². The van der Waals surface area contributed by atoms with Gasteiger partial charge in [-0.3, -0.25) is 4.79 Å². The van der Waals surface area contributed by atoms with Crippen LogP contribution in [-0.4, -0.2) is 52.0 Å². The van der Waals surface area contributed by atoms with Gasteiger partial charge >= 0.3 is 12.0 Å². The molecule has 1 saturated heterocycles. The van der Waals surface area contributed by atoms with Gasteiger partial charge in [0.05, 0.1) is 0 Å². The lowest BCUT2D eigenvalue weighted by atomic mass is 10.1. The third-order valence-electron chi connectivity index (χ3n) is 2.98. The number of esters is 1. The number of carbonyl (C=O) groups is 3. The van der Waals surface area contributed by atoms with Gasteiger partial charge in [-0.05, 0) is 53.0 Å². The minimum atomic E-state index is -0.989. The second-order valence-electron chi connectivity index (χ2n) is 6.56. The predicted octanol–water partition coefficient (Wildman–Crippen LogP) is 1.78. The van der Waals surface area contributed by atoms with Crippen molar-refractivity contribution in [2.45, 2.75) is 58.2 Å². The fraction of sp³-hybridized carbons (Fsp3) is 0.786. The molecule has 1 N–H and O–H groups in total. The lowest BCUT2D eigenvalue weighted by Crippen LogP contribution is -2.49. The maximum atomic E-state index is 12.3. The van der Waals surface area contributed by atoms with E-state index >= 15 is 0 Å². The van der Waals surface area contributed by atoms with Gasteiger partial charge < -0.3 is 10.1 Å². The van der Waals surface area contributed by atoms with Crippen LogP contribution in [0.2, 0.25) is 0 Å². The number of hydrogen-bond donors (Lipinski definition) is 1. The average molecular weight is 316 g/mol. The SMILES string of the molecule is CSCC[C@@H](C(=O)OC(C)(C)C)N1C(=O)NC(C)(C)C1=O. The smallest absolute Gasteiger partial charge is 0.329 e. The summed E-state index contributed by atoms with van der Waals surface area (Å²) in [6.45, 7) is 8.51. The Morgan fingerprint density at radius 3 is 2.33 bits per heavy atom. The first kappa shape index (κ1) is 17.8. The zero-order valence-electron chi connectivity index (χ0n) is 13.5. The number of imide groups is 1. The van der Waals surface area contributed by atoms with Crippen LogP contribution in [0.1, 0.15) is 41.0 Å². The van der Waals surface area contributed by atoms with Crippen LogP contribution in [0.25, 0.3) is 0 Å². The van der Waals surface area contributed by atoms with Gasteiger partial charge in [0.1, 0.15) is 17.2 Å². The van der Waals surface area contributed by atoms with Crippen LogP contribution in [0.3, 0.4) is 0 Å². The number of rotatable bonds is 5. The molecular formula is C14H24N2O4S. The van der Waals surface area contributed by atoms with Gasteiger partial charge in [-0.25, -0.2) is 14.5 Å². The maximum Gasteiger partial charge on any atom is 0.329 e. The fourth-order valence-corrected chi connectivity index (χ4v) is 2.47. The van der Waals surface area contributed by atoms with Crippen molar-refractivity contribution >= 4 is 29.7 Å². The van der Waals surface area contributed by atoms with E-state index in [0.29, 0.717) is 12.2 Å². The lowest BCUT2D eigenvalue weighted by molar-refractivity contribution is -0.162. The Morgan fingerprint density at radius 2 is 1.95 bits per heavy atom. The summed E-state index contributed by atoms with van der Waals surface area (Å²) in [5.41, 5.74) is -1.65. The first-order valence-electron chi connectivity index (χ1n) is 6.87. The van der Waals surface area contributed by atoms with Crippen molar-refractivity contribution < 1.29 is 19.1 Å². The summed E-state index contributed by atoms with van der Waals surface area (Å²) in [6.07, 6.45) is 2.29. The maximum absolute atomic E-state index is 12.3. The Labute approximate surface area is 130 Å². The van der Waals surface area contributed by atoms with Crippen LogP contribution < -0.4 is 5.32 Å². The van der Waals surface area contributed by atoms with Crippen molar-refractivity contribution in [1.29, 1.82) is 0 Å². The van der Waals surface area contributed by atoms with E-state index in [0.717, 1.165) is 4.90 Å². The van der Waals surface area contributed by atoms with Gasteiger partial charge in [-0.1, -0.05) is 0 Å². The highest BCUT2D eigenvalue weighted by atomic mass is 32.2. The Hall–Kier alpha value is -1.24. The first-order valence-corrected chi connectivity index (χ1v) is 8.26. The van der Waals surface area contributed by atoms with E-state index in [2.05, 4.69) is 5.32 Å². The summed E-state index contributed by atoms with van der Waals surface area (Å²) in [6, 6.07) is -1.42. The van der Waals surface area contributed by atoms with Gasteiger partial charge in [0, 0.05) is 0 Å². The Balaban J connectivity index is 3.00. The molecule has 21 heavy (non-hydrogen) atoms. The molecule has 0 radical (unpaired) electrons. The van der Waals surface area contributed by atoms with Crippen LogP contribution in [0.5, 0.6) is 0 Å². The highest BCUT2D eigenvalue weighted by molar-refractivity contribution is 7.98. The number of ether oxygens (including phenoxy) is 1. The number of nitrogens with one attached hydrogen (secondary N) is 1. The number of carbonyl (C=O) groups excluding carboxylic acids is 3. The first-order chi connectivity index (χ1) is 9.49. The molecule has 0 aromatic carbocycles. The molecule has 0 unspecified atom stereocenters. The zero-order chi connectivity index (χ0) is 16.4. The van der Waals surface area contributed by atoms with Gasteiger partial charge in [0.15, 0.2) is 0 Å². The largest absolute Gasteiger partial charge is 0.458 e. The highest BCUT2D eigenvalue weighted by Crippen LogP contribution is 2.23. The predicted molar refractivity (Wildman–Crippen MR) is 82.1 cm³/mol. The molecular weight excluding hydrogens is 292 g/mol. The quantitative estimate of drug-likeness (QED) is 0.618. The highest BCUT2D eigenvalue weighted by Gasteiger charge is 2.49. The number of thioether (sulfide) groups is 1. The van der Waals surface area contributed by atoms with E-state index in [-0.39, 0.29) is 0 Å².